The Hall–Kier alpha value is -0.520. The van der Waals surface area contributed by atoms with Crippen LogP contribution in [0.1, 0.15) is 39.0 Å². The summed E-state index contributed by atoms with van der Waals surface area (Å²) in [6.07, 6.45) is 8.26. The average Bonchev–Trinajstić information content (AvgIpc) is 3.03. The molecule has 1 N–H and O–H groups in total. The summed E-state index contributed by atoms with van der Waals surface area (Å²) < 4.78 is 5.26. The maximum atomic E-state index is 12.3. The fraction of sp³-hybridized carbons (Fsp3) is 0.824. The number of aliphatic hydroxyl groups is 1. The molecule has 1 saturated carbocycles. The molecule has 0 spiro atoms. The first kappa shape index (κ1) is 17.8. The number of carbonyl (C=O) groups is 1. The van der Waals surface area contributed by atoms with Crippen molar-refractivity contribution < 1.29 is 14.6 Å². The third-order valence-corrected chi connectivity index (χ3v) is 6.13. The van der Waals surface area contributed by atoms with E-state index in [1.54, 1.807) is 13.2 Å². The van der Waals surface area contributed by atoms with E-state index in [-0.39, 0.29) is 17.9 Å². The SMILES string of the molecule is CCN(CC1CCCS1)C(=O)/C=C/C1CCC(OC)C(O)C1. The van der Waals surface area contributed by atoms with Gasteiger partial charge in [-0.2, -0.15) is 11.8 Å². The molecule has 1 saturated heterocycles. The number of likely N-dealkylation sites (N-methyl/N-ethyl adjacent to an activating group) is 1. The molecule has 2 rings (SSSR count). The van der Waals surface area contributed by atoms with Gasteiger partial charge in [-0.3, -0.25) is 4.79 Å². The summed E-state index contributed by atoms with van der Waals surface area (Å²) in [5, 5.41) is 10.6. The van der Waals surface area contributed by atoms with Crippen LogP contribution in [0.15, 0.2) is 12.2 Å². The van der Waals surface area contributed by atoms with Crippen molar-refractivity contribution in [2.45, 2.75) is 56.5 Å². The summed E-state index contributed by atoms with van der Waals surface area (Å²) in [6, 6.07) is 0. The third kappa shape index (κ3) is 5.00. The molecule has 2 aliphatic rings. The van der Waals surface area contributed by atoms with E-state index in [2.05, 4.69) is 0 Å². The zero-order chi connectivity index (χ0) is 15.9. The standard InChI is InChI=1S/C17H29NO3S/c1-3-18(12-14-5-4-10-22-14)17(20)9-7-13-6-8-16(21-2)15(19)11-13/h7,9,13-16,19H,3-6,8,10-12H2,1-2H3/b9-7+. The molecule has 2 fully saturated rings. The van der Waals surface area contributed by atoms with Crippen LogP contribution in [0.3, 0.4) is 0 Å². The van der Waals surface area contributed by atoms with E-state index in [0.29, 0.717) is 11.7 Å². The smallest absolute Gasteiger partial charge is 0.246 e. The van der Waals surface area contributed by atoms with E-state index in [1.807, 2.05) is 29.7 Å². The number of ether oxygens (including phenoxy) is 1. The molecular formula is C17H29NO3S. The van der Waals surface area contributed by atoms with Gasteiger partial charge in [0, 0.05) is 25.4 Å². The molecule has 126 valence electrons. The predicted molar refractivity (Wildman–Crippen MR) is 91.0 cm³/mol. The van der Waals surface area contributed by atoms with Crippen LogP contribution in [0.4, 0.5) is 0 Å². The van der Waals surface area contributed by atoms with Gasteiger partial charge in [0.2, 0.25) is 5.91 Å². The van der Waals surface area contributed by atoms with Gasteiger partial charge in [0.1, 0.15) is 0 Å². The number of methoxy groups -OCH3 is 1. The number of aliphatic hydroxyl groups excluding tert-OH is 1. The van der Waals surface area contributed by atoms with Crippen LogP contribution in [0, 0.1) is 5.92 Å². The molecule has 1 amide bonds. The molecule has 1 aliphatic heterocycles. The van der Waals surface area contributed by atoms with Crippen molar-refractivity contribution in [1.82, 2.24) is 4.90 Å². The number of carbonyl (C=O) groups excluding carboxylic acids is 1. The predicted octanol–water partition coefficient (Wildman–Crippen LogP) is 2.46. The van der Waals surface area contributed by atoms with Gasteiger partial charge in [-0.1, -0.05) is 6.08 Å². The molecule has 4 unspecified atom stereocenters. The lowest BCUT2D eigenvalue weighted by Gasteiger charge is -2.30. The first-order chi connectivity index (χ1) is 10.6. The molecule has 22 heavy (non-hydrogen) atoms. The van der Waals surface area contributed by atoms with Crippen molar-refractivity contribution in [3.63, 3.8) is 0 Å². The molecule has 0 aromatic heterocycles. The second-order valence-electron chi connectivity index (χ2n) is 6.29. The number of amides is 1. The van der Waals surface area contributed by atoms with Gasteiger partial charge >= 0.3 is 0 Å². The lowest BCUT2D eigenvalue weighted by molar-refractivity contribution is -0.125. The highest BCUT2D eigenvalue weighted by Crippen LogP contribution is 2.28. The largest absolute Gasteiger partial charge is 0.390 e. The summed E-state index contributed by atoms with van der Waals surface area (Å²) in [5.74, 6) is 1.62. The van der Waals surface area contributed by atoms with Gasteiger partial charge in [0.25, 0.3) is 0 Å². The number of hydrogen-bond donors (Lipinski definition) is 1. The van der Waals surface area contributed by atoms with E-state index in [9.17, 15) is 9.90 Å². The molecule has 0 aromatic carbocycles. The Morgan fingerprint density at radius 2 is 2.23 bits per heavy atom. The van der Waals surface area contributed by atoms with Gasteiger partial charge in [-0.15, -0.1) is 0 Å². The van der Waals surface area contributed by atoms with Crippen LogP contribution >= 0.6 is 11.8 Å². The van der Waals surface area contributed by atoms with E-state index < -0.39 is 6.10 Å². The Kier molecular flexibility index (Phi) is 7.25. The molecule has 1 aliphatic carbocycles. The van der Waals surface area contributed by atoms with Gasteiger partial charge in [0.05, 0.1) is 12.2 Å². The van der Waals surface area contributed by atoms with Crippen LogP contribution < -0.4 is 0 Å². The maximum Gasteiger partial charge on any atom is 0.246 e. The van der Waals surface area contributed by atoms with Crippen LogP contribution in [-0.4, -0.2) is 59.3 Å². The normalized spacial score (nSPS) is 32.5. The van der Waals surface area contributed by atoms with Gasteiger partial charge in [-0.25, -0.2) is 0 Å². The highest BCUT2D eigenvalue weighted by molar-refractivity contribution is 8.00. The average molecular weight is 327 g/mol. The van der Waals surface area contributed by atoms with Gasteiger partial charge in [0.15, 0.2) is 0 Å². The first-order valence-corrected chi connectivity index (χ1v) is 9.48. The minimum absolute atomic E-state index is 0.0492. The van der Waals surface area contributed by atoms with E-state index in [4.69, 9.17) is 4.74 Å². The van der Waals surface area contributed by atoms with Crippen molar-refractivity contribution in [3.05, 3.63) is 12.2 Å². The number of rotatable bonds is 6. The van der Waals surface area contributed by atoms with Crippen molar-refractivity contribution in [1.29, 1.82) is 0 Å². The van der Waals surface area contributed by atoms with E-state index in [0.717, 1.165) is 25.9 Å². The van der Waals surface area contributed by atoms with Crippen molar-refractivity contribution in [2.75, 3.05) is 26.0 Å². The van der Waals surface area contributed by atoms with Crippen molar-refractivity contribution >= 4 is 17.7 Å². The number of hydrogen-bond acceptors (Lipinski definition) is 4. The zero-order valence-corrected chi connectivity index (χ0v) is 14.6. The summed E-state index contributed by atoms with van der Waals surface area (Å²) in [7, 11) is 1.65. The number of nitrogens with zero attached hydrogens (tertiary/aromatic N) is 1. The first-order valence-electron chi connectivity index (χ1n) is 8.43. The fourth-order valence-electron chi connectivity index (χ4n) is 3.33. The van der Waals surface area contributed by atoms with Crippen LogP contribution in [-0.2, 0) is 9.53 Å². The maximum absolute atomic E-state index is 12.3. The van der Waals surface area contributed by atoms with Crippen LogP contribution in [0.5, 0.6) is 0 Å². The van der Waals surface area contributed by atoms with Crippen molar-refractivity contribution in [2.24, 2.45) is 5.92 Å². The van der Waals surface area contributed by atoms with E-state index in [1.165, 1.54) is 18.6 Å². The molecular weight excluding hydrogens is 298 g/mol. The van der Waals surface area contributed by atoms with Crippen molar-refractivity contribution in [3.8, 4) is 0 Å². The monoisotopic (exact) mass is 327 g/mol. The lowest BCUT2D eigenvalue weighted by atomic mass is 9.85. The third-order valence-electron chi connectivity index (χ3n) is 4.75. The quantitative estimate of drug-likeness (QED) is 0.762. The Morgan fingerprint density at radius 3 is 2.82 bits per heavy atom. The molecule has 4 nitrogen and oxygen atoms in total. The zero-order valence-electron chi connectivity index (χ0n) is 13.7. The minimum atomic E-state index is -0.416. The molecule has 0 bridgehead atoms. The topological polar surface area (TPSA) is 49.8 Å². The van der Waals surface area contributed by atoms with E-state index >= 15 is 0 Å². The molecule has 0 aromatic rings. The fourth-order valence-corrected chi connectivity index (χ4v) is 4.62. The Labute approximate surface area is 138 Å². The Morgan fingerprint density at radius 1 is 1.41 bits per heavy atom. The highest BCUT2D eigenvalue weighted by Gasteiger charge is 2.28. The van der Waals surface area contributed by atoms with Crippen LogP contribution in [0.25, 0.3) is 0 Å². The van der Waals surface area contributed by atoms with Crippen LogP contribution in [0.2, 0.25) is 0 Å². The molecule has 5 heteroatoms. The lowest BCUT2D eigenvalue weighted by Crippen LogP contribution is -2.36. The summed E-state index contributed by atoms with van der Waals surface area (Å²) in [5.41, 5.74) is 0. The molecule has 4 atom stereocenters. The highest BCUT2D eigenvalue weighted by atomic mass is 32.2. The molecule has 1 heterocycles. The van der Waals surface area contributed by atoms with Gasteiger partial charge < -0.3 is 14.7 Å². The summed E-state index contributed by atoms with van der Waals surface area (Å²) in [4.78, 5) is 14.3. The Balaban J connectivity index is 1.81. The van der Waals surface area contributed by atoms with Gasteiger partial charge in [-0.05, 0) is 56.8 Å². The summed E-state index contributed by atoms with van der Waals surface area (Å²) >= 11 is 1.99. The minimum Gasteiger partial charge on any atom is -0.390 e. The second-order valence-corrected chi connectivity index (χ2v) is 7.69. The molecule has 0 radical (unpaired) electrons. The number of thioether (sulfide) groups is 1. The second kappa shape index (κ2) is 8.94. The Bertz CT molecular complexity index is 382. The number of allylic oxidation sites excluding steroid dienone is 1. The summed E-state index contributed by atoms with van der Waals surface area (Å²) in [6.45, 7) is 3.67.